The highest BCUT2D eigenvalue weighted by molar-refractivity contribution is 5.99. The predicted octanol–water partition coefficient (Wildman–Crippen LogP) is 1.25. The fourth-order valence-electron chi connectivity index (χ4n) is 3.98. The molecule has 1 saturated heterocycles. The fraction of sp³-hybridized carbons (Fsp3) is 0.600. The van der Waals surface area contributed by atoms with Crippen molar-refractivity contribution in [3.05, 3.63) is 24.3 Å². The molecule has 4 heteroatoms. The molecular weight excluding hydrogens is 244 g/mol. The Morgan fingerprint density at radius 2 is 2.16 bits per heavy atom. The molecule has 0 aromatic heterocycles. The van der Waals surface area contributed by atoms with Gasteiger partial charge in [-0.25, -0.2) is 4.79 Å². The SMILES string of the molecule is C=C1C(=O)O[C@H]2C[C@@H](C)[C@@H]3C=CC(=O)[C@@]3(C)[C@H](O)[C@@H]12. The van der Waals surface area contributed by atoms with E-state index in [1.165, 1.54) is 0 Å². The lowest BCUT2D eigenvalue weighted by atomic mass is 9.67. The van der Waals surface area contributed by atoms with Crippen LogP contribution in [0.15, 0.2) is 24.3 Å². The van der Waals surface area contributed by atoms with Crippen LogP contribution in [0, 0.1) is 23.2 Å². The molecule has 1 saturated carbocycles. The Balaban J connectivity index is 2.08. The van der Waals surface area contributed by atoms with E-state index in [0.29, 0.717) is 12.0 Å². The van der Waals surface area contributed by atoms with E-state index in [2.05, 4.69) is 6.58 Å². The number of allylic oxidation sites excluding steroid dienone is 2. The normalized spacial score (nSPS) is 48.8. The van der Waals surface area contributed by atoms with Gasteiger partial charge >= 0.3 is 5.97 Å². The maximum Gasteiger partial charge on any atom is 0.334 e. The number of ketones is 1. The van der Waals surface area contributed by atoms with E-state index in [9.17, 15) is 14.7 Å². The molecule has 0 bridgehead atoms. The highest BCUT2D eigenvalue weighted by Gasteiger charge is 2.59. The summed E-state index contributed by atoms with van der Waals surface area (Å²) < 4.78 is 5.31. The van der Waals surface area contributed by atoms with Crippen LogP contribution >= 0.6 is 0 Å². The molecule has 0 unspecified atom stereocenters. The van der Waals surface area contributed by atoms with E-state index in [1.54, 1.807) is 13.0 Å². The molecule has 1 aliphatic heterocycles. The molecule has 3 rings (SSSR count). The van der Waals surface area contributed by atoms with E-state index in [-0.39, 0.29) is 23.7 Å². The van der Waals surface area contributed by atoms with Gasteiger partial charge in [0.15, 0.2) is 5.78 Å². The lowest BCUT2D eigenvalue weighted by Crippen LogP contribution is -2.46. The first-order valence-electron chi connectivity index (χ1n) is 6.68. The molecule has 19 heavy (non-hydrogen) atoms. The van der Waals surface area contributed by atoms with E-state index < -0.39 is 23.4 Å². The summed E-state index contributed by atoms with van der Waals surface area (Å²) >= 11 is 0. The molecule has 0 aromatic rings. The first-order valence-corrected chi connectivity index (χ1v) is 6.68. The van der Waals surface area contributed by atoms with Crippen LogP contribution in [0.3, 0.4) is 0 Å². The quantitative estimate of drug-likeness (QED) is 0.527. The third-order valence-corrected chi connectivity index (χ3v) is 5.17. The molecular formula is C15H18O4. The Hall–Kier alpha value is -1.42. The lowest BCUT2D eigenvalue weighted by molar-refractivity contribution is -0.140. The topological polar surface area (TPSA) is 63.6 Å². The highest BCUT2D eigenvalue weighted by Crippen LogP contribution is 2.52. The van der Waals surface area contributed by atoms with E-state index in [0.717, 1.165) is 0 Å². The number of hydrogen-bond acceptors (Lipinski definition) is 4. The third kappa shape index (κ3) is 1.43. The van der Waals surface area contributed by atoms with Gasteiger partial charge in [-0.05, 0) is 31.3 Å². The largest absolute Gasteiger partial charge is 0.458 e. The minimum Gasteiger partial charge on any atom is -0.458 e. The van der Waals surface area contributed by atoms with Crippen molar-refractivity contribution in [2.24, 2.45) is 23.2 Å². The summed E-state index contributed by atoms with van der Waals surface area (Å²) in [5.41, 5.74) is -0.568. The van der Waals surface area contributed by atoms with E-state index in [1.807, 2.05) is 13.0 Å². The number of hydrogen-bond donors (Lipinski definition) is 1. The number of aliphatic hydroxyl groups excluding tert-OH is 1. The molecule has 102 valence electrons. The molecule has 0 amide bonds. The number of fused-ring (bicyclic) bond motifs is 2. The molecule has 0 radical (unpaired) electrons. The average molecular weight is 262 g/mol. The Bertz CT molecular complexity index is 506. The molecule has 0 spiro atoms. The Morgan fingerprint density at radius 1 is 1.47 bits per heavy atom. The van der Waals surface area contributed by atoms with E-state index in [4.69, 9.17) is 4.74 Å². The summed E-state index contributed by atoms with van der Waals surface area (Å²) in [7, 11) is 0. The van der Waals surface area contributed by atoms with Crippen molar-refractivity contribution in [1.82, 2.24) is 0 Å². The molecule has 4 nitrogen and oxygen atoms in total. The van der Waals surface area contributed by atoms with Crippen LogP contribution in [0.4, 0.5) is 0 Å². The summed E-state index contributed by atoms with van der Waals surface area (Å²) in [5.74, 6) is -0.802. The van der Waals surface area contributed by atoms with Crippen molar-refractivity contribution in [3.8, 4) is 0 Å². The van der Waals surface area contributed by atoms with Gasteiger partial charge in [0.2, 0.25) is 0 Å². The zero-order chi connectivity index (χ0) is 13.9. The third-order valence-electron chi connectivity index (χ3n) is 5.17. The van der Waals surface area contributed by atoms with Crippen molar-refractivity contribution in [2.45, 2.75) is 32.5 Å². The van der Waals surface area contributed by atoms with Crippen LogP contribution < -0.4 is 0 Å². The summed E-state index contributed by atoms with van der Waals surface area (Å²) in [6.45, 7) is 7.57. The second-order valence-electron chi connectivity index (χ2n) is 6.18. The smallest absolute Gasteiger partial charge is 0.334 e. The molecule has 1 N–H and O–H groups in total. The molecule has 0 aromatic carbocycles. The van der Waals surface area contributed by atoms with Gasteiger partial charge in [0.05, 0.1) is 17.4 Å². The van der Waals surface area contributed by atoms with Crippen molar-refractivity contribution in [1.29, 1.82) is 0 Å². The van der Waals surface area contributed by atoms with Gasteiger partial charge in [0.1, 0.15) is 6.10 Å². The van der Waals surface area contributed by atoms with Crippen LogP contribution in [-0.2, 0) is 14.3 Å². The van der Waals surface area contributed by atoms with Gasteiger partial charge in [0, 0.05) is 5.57 Å². The molecule has 6 atom stereocenters. The molecule has 2 aliphatic carbocycles. The van der Waals surface area contributed by atoms with Gasteiger partial charge in [-0.1, -0.05) is 19.6 Å². The summed E-state index contributed by atoms with van der Waals surface area (Å²) in [5, 5.41) is 10.7. The monoisotopic (exact) mass is 262 g/mol. The zero-order valence-electron chi connectivity index (χ0n) is 11.1. The van der Waals surface area contributed by atoms with Crippen LogP contribution in [-0.4, -0.2) is 29.1 Å². The standard InChI is InChI=1S/C15H18O4/c1-7-6-10-12(8(2)14(18)19-10)13(17)15(3)9(7)4-5-11(15)16/h4-5,7,9-10,12-13,17H,2,6H2,1,3H3/t7-,9+,10+,12+,13-,15+/m1/s1. The number of esters is 1. The first-order chi connectivity index (χ1) is 8.87. The van der Waals surface area contributed by atoms with Gasteiger partial charge in [-0.15, -0.1) is 0 Å². The highest BCUT2D eigenvalue weighted by atomic mass is 16.6. The summed E-state index contributed by atoms with van der Waals surface area (Å²) in [6, 6.07) is 0. The van der Waals surface area contributed by atoms with Crippen LogP contribution in [0.5, 0.6) is 0 Å². The van der Waals surface area contributed by atoms with Gasteiger partial charge in [0.25, 0.3) is 0 Å². The first kappa shape index (κ1) is 12.6. The minimum atomic E-state index is -0.922. The molecule has 2 fully saturated rings. The Labute approximate surface area is 112 Å². The maximum atomic E-state index is 12.2. The van der Waals surface area contributed by atoms with Gasteiger partial charge in [-0.2, -0.15) is 0 Å². The van der Waals surface area contributed by atoms with Crippen molar-refractivity contribution in [2.75, 3.05) is 0 Å². The zero-order valence-corrected chi connectivity index (χ0v) is 11.1. The fourth-order valence-corrected chi connectivity index (χ4v) is 3.98. The number of carbonyl (C=O) groups excluding carboxylic acids is 2. The van der Waals surface area contributed by atoms with Crippen molar-refractivity contribution in [3.63, 3.8) is 0 Å². The second kappa shape index (κ2) is 3.79. The number of ether oxygens (including phenoxy) is 1. The maximum absolute atomic E-state index is 12.2. The number of rotatable bonds is 0. The minimum absolute atomic E-state index is 0.00731. The Morgan fingerprint density at radius 3 is 2.84 bits per heavy atom. The Kier molecular flexibility index (Phi) is 2.52. The van der Waals surface area contributed by atoms with Crippen molar-refractivity contribution < 1.29 is 19.4 Å². The second-order valence-corrected chi connectivity index (χ2v) is 6.18. The van der Waals surface area contributed by atoms with Crippen LogP contribution in [0.25, 0.3) is 0 Å². The average Bonchev–Trinajstić information content (AvgIpc) is 2.77. The molecule has 1 heterocycles. The van der Waals surface area contributed by atoms with Gasteiger partial charge in [-0.3, -0.25) is 4.79 Å². The summed E-state index contributed by atoms with van der Waals surface area (Å²) in [6.07, 6.45) is 2.83. The van der Waals surface area contributed by atoms with Gasteiger partial charge < -0.3 is 9.84 Å². The number of carbonyl (C=O) groups is 2. The number of aliphatic hydroxyl groups is 1. The lowest BCUT2D eigenvalue weighted by Gasteiger charge is -2.37. The molecule has 3 aliphatic rings. The summed E-state index contributed by atoms with van der Waals surface area (Å²) in [4.78, 5) is 23.9. The van der Waals surface area contributed by atoms with Crippen LogP contribution in [0.1, 0.15) is 20.3 Å². The van der Waals surface area contributed by atoms with Crippen molar-refractivity contribution >= 4 is 11.8 Å². The van der Waals surface area contributed by atoms with Crippen LogP contribution in [0.2, 0.25) is 0 Å². The van der Waals surface area contributed by atoms with E-state index >= 15 is 0 Å². The predicted molar refractivity (Wildman–Crippen MR) is 68.0 cm³/mol.